The van der Waals surface area contributed by atoms with Gasteiger partial charge in [-0.1, -0.05) is 0 Å². The van der Waals surface area contributed by atoms with Gasteiger partial charge in [0, 0.05) is 14.1 Å². The van der Waals surface area contributed by atoms with Gasteiger partial charge in [0.1, 0.15) is 24.3 Å². The molecule has 5 nitrogen and oxygen atoms in total. The van der Waals surface area contributed by atoms with E-state index in [-0.39, 0.29) is 22.3 Å². The van der Waals surface area contributed by atoms with E-state index in [1.54, 1.807) is 25.1 Å². The summed E-state index contributed by atoms with van der Waals surface area (Å²) in [6.45, 7) is 0. The number of nitrogens with zero attached hydrogens (tertiary/aromatic N) is 5. The van der Waals surface area contributed by atoms with E-state index >= 15 is 0 Å². The Labute approximate surface area is 99.0 Å². The zero-order chi connectivity index (χ0) is 13.0. The summed E-state index contributed by atoms with van der Waals surface area (Å²) in [5.74, 6) is 0. The molecule has 1 aromatic carbocycles. The Morgan fingerprint density at radius 1 is 0.824 bits per heavy atom. The van der Waals surface area contributed by atoms with Gasteiger partial charge in [0.05, 0.1) is 27.9 Å². The lowest BCUT2D eigenvalue weighted by Gasteiger charge is -2.16. The van der Waals surface area contributed by atoms with Gasteiger partial charge in [0.2, 0.25) is 0 Å². The van der Waals surface area contributed by atoms with E-state index in [2.05, 4.69) is 0 Å². The Hall–Kier alpha value is -3.02. The van der Waals surface area contributed by atoms with Crippen molar-refractivity contribution in [2.75, 3.05) is 19.0 Å². The summed E-state index contributed by atoms with van der Waals surface area (Å²) in [6.07, 6.45) is 0. The Bertz CT molecular complexity index is 629. The number of benzene rings is 1. The van der Waals surface area contributed by atoms with Crippen molar-refractivity contribution in [2.45, 2.75) is 0 Å². The summed E-state index contributed by atoms with van der Waals surface area (Å²) in [4.78, 5) is 1.63. The Balaban J connectivity index is 3.87. The van der Waals surface area contributed by atoms with Crippen LogP contribution in [0.5, 0.6) is 0 Å². The summed E-state index contributed by atoms with van der Waals surface area (Å²) in [5.41, 5.74) is 0.592. The minimum atomic E-state index is -0.0443. The quantitative estimate of drug-likeness (QED) is 0.710. The molecule has 0 saturated carbocycles. The molecule has 0 radical (unpaired) electrons. The van der Waals surface area contributed by atoms with Gasteiger partial charge in [0.25, 0.3) is 0 Å². The highest BCUT2D eigenvalue weighted by Gasteiger charge is 2.18. The van der Waals surface area contributed by atoms with E-state index in [0.717, 1.165) is 0 Å². The summed E-state index contributed by atoms with van der Waals surface area (Å²) in [6, 6.07) is 8.80. The lowest BCUT2D eigenvalue weighted by atomic mass is 9.96. The van der Waals surface area contributed by atoms with Crippen molar-refractivity contribution in [2.24, 2.45) is 0 Å². The molecule has 1 rings (SSSR count). The van der Waals surface area contributed by atoms with Crippen LogP contribution in [-0.4, -0.2) is 14.1 Å². The van der Waals surface area contributed by atoms with Gasteiger partial charge in [0.15, 0.2) is 0 Å². The van der Waals surface area contributed by atoms with Gasteiger partial charge in [-0.2, -0.15) is 21.0 Å². The predicted molar refractivity (Wildman–Crippen MR) is 59.6 cm³/mol. The molecular formula is C12H7N5. The fourth-order valence-electron chi connectivity index (χ4n) is 1.45. The SMILES string of the molecule is CN(C)c1cc(C#N)c(C#N)c(C#N)c1C#N. The van der Waals surface area contributed by atoms with Crippen LogP contribution in [0.4, 0.5) is 5.69 Å². The van der Waals surface area contributed by atoms with Crippen LogP contribution in [0.3, 0.4) is 0 Å². The standard InChI is InChI=1S/C12H7N5/c1-17(2)12-3-8(4-13)9(5-14)10(6-15)11(12)7-16/h3H,1-2H3. The van der Waals surface area contributed by atoms with E-state index in [0.29, 0.717) is 5.69 Å². The van der Waals surface area contributed by atoms with E-state index in [1.807, 2.05) is 18.2 Å². The number of rotatable bonds is 1. The normalized spacial score (nSPS) is 8.35. The van der Waals surface area contributed by atoms with Crippen molar-refractivity contribution in [3.05, 3.63) is 28.3 Å². The monoisotopic (exact) mass is 221 g/mol. The van der Waals surface area contributed by atoms with Gasteiger partial charge in [-0.3, -0.25) is 0 Å². The molecule has 1 aromatic rings. The highest BCUT2D eigenvalue weighted by Crippen LogP contribution is 2.27. The van der Waals surface area contributed by atoms with Crippen molar-refractivity contribution >= 4 is 5.69 Å². The van der Waals surface area contributed by atoms with Crippen molar-refractivity contribution in [1.29, 1.82) is 21.0 Å². The van der Waals surface area contributed by atoms with Crippen LogP contribution in [0.15, 0.2) is 6.07 Å². The maximum absolute atomic E-state index is 9.04. The molecule has 0 atom stereocenters. The fraction of sp³-hybridized carbons (Fsp3) is 0.167. The Morgan fingerprint density at radius 3 is 1.71 bits per heavy atom. The van der Waals surface area contributed by atoms with Crippen molar-refractivity contribution in [3.8, 4) is 24.3 Å². The van der Waals surface area contributed by atoms with Crippen molar-refractivity contribution in [3.63, 3.8) is 0 Å². The molecule has 0 bridgehead atoms. The minimum absolute atomic E-state index is 0.0437. The van der Waals surface area contributed by atoms with Crippen LogP contribution in [-0.2, 0) is 0 Å². The number of hydrogen-bond acceptors (Lipinski definition) is 5. The summed E-state index contributed by atoms with van der Waals surface area (Å²) in [5, 5.41) is 35.9. The lowest BCUT2D eigenvalue weighted by molar-refractivity contribution is 1.12. The molecule has 5 heteroatoms. The second-order valence-electron chi connectivity index (χ2n) is 3.41. The van der Waals surface area contributed by atoms with E-state index in [9.17, 15) is 0 Å². The third-order valence-electron chi connectivity index (χ3n) is 2.24. The molecule has 0 amide bonds. The first-order valence-electron chi connectivity index (χ1n) is 4.59. The molecule has 0 saturated heterocycles. The smallest absolute Gasteiger partial charge is 0.103 e. The van der Waals surface area contributed by atoms with Crippen molar-refractivity contribution < 1.29 is 0 Å². The largest absolute Gasteiger partial charge is 0.377 e. The van der Waals surface area contributed by atoms with E-state index < -0.39 is 0 Å². The first-order chi connectivity index (χ1) is 8.10. The summed E-state index contributed by atoms with van der Waals surface area (Å²) >= 11 is 0. The van der Waals surface area contributed by atoms with E-state index in [1.165, 1.54) is 6.07 Å². The van der Waals surface area contributed by atoms with Crippen LogP contribution in [0, 0.1) is 45.3 Å². The van der Waals surface area contributed by atoms with Crippen LogP contribution in [0.2, 0.25) is 0 Å². The van der Waals surface area contributed by atoms with Gasteiger partial charge in [-0.05, 0) is 6.07 Å². The Kier molecular flexibility index (Phi) is 3.31. The molecular weight excluding hydrogens is 214 g/mol. The Morgan fingerprint density at radius 2 is 1.35 bits per heavy atom. The molecule has 0 fully saturated rings. The van der Waals surface area contributed by atoms with Gasteiger partial charge < -0.3 is 4.90 Å². The third-order valence-corrected chi connectivity index (χ3v) is 2.24. The average Bonchev–Trinajstić information content (AvgIpc) is 2.35. The second kappa shape index (κ2) is 4.67. The average molecular weight is 221 g/mol. The molecule has 0 aliphatic heterocycles. The molecule has 0 aliphatic rings. The second-order valence-corrected chi connectivity index (χ2v) is 3.41. The van der Waals surface area contributed by atoms with Crippen LogP contribution in [0.1, 0.15) is 22.3 Å². The molecule has 0 spiro atoms. The maximum atomic E-state index is 9.04. The van der Waals surface area contributed by atoms with Gasteiger partial charge in [-0.15, -0.1) is 0 Å². The molecule has 80 valence electrons. The molecule has 0 unspecified atom stereocenters. The zero-order valence-electron chi connectivity index (χ0n) is 9.31. The molecule has 0 heterocycles. The van der Waals surface area contributed by atoms with Gasteiger partial charge in [-0.25, -0.2) is 0 Å². The number of nitriles is 4. The van der Waals surface area contributed by atoms with E-state index in [4.69, 9.17) is 21.0 Å². The minimum Gasteiger partial charge on any atom is -0.377 e. The highest BCUT2D eigenvalue weighted by molar-refractivity contribution is 5.73. The first-order valence-corrected chi connectivity index (χ1v) is 4.59. The number of anilines is 1. The molecule has 17 heavy (non-hydrogen) atoms. The van der Waals surface area contributed by atoms with Crippen LogP contribution < -0.4 is 4.90 Å². The molecule has 0 aromatic heterocycles. The van der Waals surface area contributed by atoms with Gasteiger partial charge >= 0.3 is 0 Å². The molecule has 0 aliphatic carbocycles. The predicted octanol–water partition coefficient (Wildman–Crippen LogP) is 1.24. The van der Waals surface area contributed by atoms with Crippen molar-refractivity contribution in [1.82, 2.24) is 0 Å². The zero-order valence-corrected chi connectivity index (χ0v) is 9.31. The first kappa shape index (κ1) is 12.1. The molecule has 0 N–H and O–H groups in total. The summed E-state index contributed by atoms with van der Waals surface area (Å²) < 4.78 is 0. The highest BCUT2D eigenvalue weighted by atomic mass is 15.1. The third kappa shape index (κ3) is 1.86. The summed E-state index contributed by atoms with van der Waals surface area (Å²) in [7, 11) is 3.40. The number of hydrogen-bond donors (Lipinski definition) is 0. The topological polar surface area (TPSA) is 98.4 Å². The van der Waals surface area contributed by atoms with Crippen LogP contribution >= 0.6 is 0 Å². The fourth-order valence-corrected chi connectivity index (χ4v) is 1.45. The van der Waals surface area contributed by atoms with Crippen LogP contribution in [0.25, 0.3) is 0 Å². The maximum Gasteiger partial charge on any atom is 0.103 e. The lowest BCUT2D eigenvalue weighted by Crippen LogP contribution is -2.12.